The molecular formula is C29H32N4O3. The van der Waals surface area contributed by atoms with Gasteiger partial charge >= 0.3 is 0 Å². The number of benzene rings is 2. The Kier molecular flexibility index (Phi) is 5.77. The average Bonchev–Trinajstić information content (AvgIpc) is 3.25. The van der Waals surface area contributed by atoms with E-state index in [1.54, 1.807) is 12.6 Å². The van der Waals surface area contributed by atoms with Gasteiger partial charge in [-0.25, -0.2) is 0 Å². The van der Waals surface area contributed by atoms with Gasteiger partial charge in [0.2, 0.25) is 5.43 Å². The summed E-state index contributed by atoms with van der Waals surface area (Å²) in [6.45, 7) is 8.07. The number of hydrogen-bond acceptors (Lipinski definition) is 6. The lowest BCUT2D eigenvalue weighted by Gasteiger charge is -2.41. The Morgan fingerprint density at radius 3 is 2.81 bits per heavy atom. The van der Waals surface area contributed by atoms with Crippen molar-refractivity contribution >= 4 is 11.0 Å². The van der Waals surface area contributed by atoms with Gasteiger partial charge in [-0.1, -0.05) is 31.2 Å². The van der Waals surface area contributed by atoms with Crippen LogP contribution in [0.3, 0.4) is 0 Å². The van der Waals surface area contributed by atoms with Crippen molar-refractivity contribution in [2.24, 2.45) is 13.0 Å². The summed E-state index contributed by atoms with van der Waals surface area (Å²) in [6.07, 6.45) is 6.62. The number of nitrogens with zero attached hydrogens (tertiary/aromatic N) is 4. The van der Waals surface area contributed by atoms with Gasteiger partial charge in [0.1, 0.15) is 18.2 Å². The normalized spacial score (nSPS) is 22.6. The van der Waals surface area contributed by atoms with Gasteiger partial charge in [-0.05, 0) is 66.6 Å². The molecule has 4 aromatic rings. The highest BCUT2D eigenvalue weighted by Gasteiger charge is 2.46. The van der Waals surface area contributed by atoms with E-state index in [4.69, 9.17) is 9.15 Å². The largest absolute Gasteiger partial charge is 0.463 e. The number of piperidine rings is 1. The number of hydrogen-bond donors (Lipinski definition) is 0. The molecule has 2 aromatic heterocycles. The zero-order valence-corrected chi connectivity index (χ0v) is 21.2. The standard InChI is InChI=1S/C29H32N4O3/c1-19-6-5-10-33(15-19)16-21-12-20(2)27-24(13-21)26(34)25(17-35-27)22-7-4-8-23(14-22)29(9-11-36-29)28-31-30-18-32(28)3/h4,7-8,12-14,17-19H,5-6,9-11,15-16H2,1-3H3/t19-,29+/m0/s1. The fraction of sp³-hybridized carbons (Fsp3) is 0.414. The fourth-order valence-electron chi connectivity index (χ4n) is 5.90. The van der Waals surface area contributed by atoms with Gasteiger partial charge in [-0.15, -0.1) is 10.2 Å². The molecule has 2 aliphatic heterocycles. The Balaban J connectivity index is 1.39. The molecule has 2 aromatic carbocycles. The van der Waals surface area contributed by atoms with Crippen LogP contribution in [0.4, 0.5) is 0 Å². The van der Waals surface area contributed by atoms with E-state index in [1.165, 1.54) is 12.8 Å². The van der Waals surface area contributed by atoms with Crippen molar-refractivity contribution in [3.8, 4) is 11.1 Å². The summed E-state index contributed by atoms with van der Waals surface area (Å²) in [5.74, 6) is 1.48. The fourth-order valence-corrected chi connectivity index (χ4v) is 5.90. The molecule has 2 aliphatic rings. The molecule has 6 rings (SSSR count). The molecule has 2 fully saturated rings. The molecule has 186 valence electrons. The third-order valence-electron chi connectivity index (χ3n) is 7.78. The first-order valence-electron chi connectivity index (χ1n) is 12.8. The van der Waals surface area contributed by atoms with Gasteiger partial charge in [0.15, 0.2) is 11.4 Å². The number of likely N-dealkylation sites (tertiary alicyclic amines) is 1. The molecule has 2 atom stereocenters. The first-order valence-corrected chi connectivity index (χ1v) is 12.8. The summed E-state index contributed by atoms with van der Waals surface area (Å²) < 4.78 is 14.1. The molecule has 4 heterocycles. The van der Waals surface area contributed by atoms with Crippen LogP contribution < -0.4 is 5.43 Å². The summed E-state index contributed by atoms with van der Waals surface area (Å²) in [5, 5.41) is 9.01. The highest BCUT2D eigenvalue weighted by atomic mass is 16.5. The van der Waals surface area contributed by atoms with Crippen molar-refractivity contribution in [2.75, 3.05) is 19.7 Å². The first kappa shape index (κ1) is 23.1. The predicted octanol–water partition coefficient (Wildman–Crippen LogP) is 4.79. The van der Waals surface area contributed by atoms with Crippen LogP contribution in [0.1, 0.15) is 48.7 Å². The molecule has 0 amide bonds. The topological polar surface area (TPSA) is 73.4 Å². The Morgan fingerprint density at radius 2 is 2.08 bits per heavy atom. The summed E-state index contributed by atoms with van der Waals surface area (Å²) in [4.78, 5) is 16.3. The van der Waals surface area contributed by atoms with Crippen LogP contribution in [0.25, 0.3) is 22.1 Å². The van der Waals surface area contributed by atoms with E-state index < -0.39 is 5.60 Å². The minimum Gasteiger partial charge on any atom is -0.463 e. The number of fused-ring (bicyclic) bond motifs is 1. The number of aromatic nitrogens is 3. The smallest absolute Gasteiger partial charge is 0.200 e. The molecule has 0 spiro atoms. The molecule has 0 saturated carbocycles. The summed E-state index contributed by atoms with van der Waals surface area (Å²) in [7, 11) is 1.92. The predicted molar refractivity (Wildman–Crippen MR) is 139 cm³/mol. The molecule has 2 saturated heterocycles. The van der Waals surface area contributed by atoms with Crippen LogP contribution in [0.5, 0.6) is 0 Å². The molecule has 0 aliphatic carbocycles. The molecule has 7 heteroatoms. The van der Waals surface area contributed by atoms with E-state index in [0.717, 1.165) is 54.1 Å². The molecule has 0 radical (unpaired) electrons. The van der Waals surface area contributed by atoms with Crippen LogP contribution in [0.2, 0.25) is 0 Å². The van der Waals surface area contributed by atoms with E-state index in [9.17, 15) is 4.79 Å². The van der Waals surface area contributed by atoms with Gasteiger partial charge in [0, 0.05) is 26.6 Å². The van der Waals surface area contributed by atoms with Crippen LogP contribution in [-0.2, 0) is 23.9 Å². The quantitative estimate of drug-likeness (QED) is 0.405. The zero-order chi connectivity index (χ0) is 24.9. The second-order valence-corrected chi connectivity index (χ2v) is 10.5. The molecule has 0 bridgehead atoms. The van der Waals surface area contributed by atoms with Crippen molar-refractivity contribution in [1.29, 1.82) is 0 Å². The zero-order valence-electron chi connectivity index (χ0n) is 21.2. The molecule has 36 heavy (non-hydrogen) atoms. The minimum absolute atomic E-state index is 0.00685. The van der Waals surface area contributed by atoms with E-state index in [-0.39, 0.29) is 5.43 Å². The van der Waals surface area contributed by atoms with E-state index >= 15 is 0 Å². The van der Waals surface area contributed by atoms with Crippen LogP contribution >= 0.6 is 0 Å². The van der Waals surface area contributed by atoms with Crippen LogP contribution in [0.15, 0.2) is 58.2 Å². The van der Waals surface area contributed by atoms with Crippen molar-refractivity contribution in [2.45, 2.75) is 45.3 Å². The summed E-state index contributed by atoms with van der Waals surface area (Å²) in [5.41, 5.74) is 4.50. The highest BCUT2D eigenvalue weighted by molar-refractivity contribution is 5.84. The lowest BCUT2D eigenvalue weighted by molar-refractivity contribution is -0.130. The summed E-state index contributed by atoms with van der Waals surface area (Å²) in [6, 6.07) is 12.2. The number of rotatable bonds is 5. The summed E-state index contributed by atoms with van der Waals surface area (Å²) >= 11 is 0. The Labute approximate surface area is 210 Å². The van der Waals surface area contributed by atoms with Gasteiger partial charge < -0.3 is 13.7 Å². The minimum atomic E-state index is -0.645. The average molecular weight is 485 g/mol. The maximum atomic E-state index is 13.8. The van der Waals surface area contributed by atoms with Gasteiger partial charge in [-0.3, -0.25) is 9.69 Å². The molecular weight excluding hydrogens is 452 g/mol. The van der Waals surface area contributed by atoms with Crippen LogP contribution in [0, 0.1) is 12.8 Å². The van der Waals surface area contributed by atoms with Crippen molar-refractivity contribution < 1.29 is 9.15 Å². The van der Waals surface area contributed by atoms with Crippen molar-refractivity contribution in [3.63, 3.8) is 0 Å². The lowest BCUT2D eigenvalue weighted by Crippen LogP contribution is -2.44. The van der Waals surface area contributed by atoms with Crippen molar-refractivity contribution in [1.82, 2.24) is 19.7 Å². The van der Waals surface area contributed by atoms with Gasteiger partial charge in [-0.2, -0.15) is 0 Å². The molecule has 0 N–H and O–H groups in total. The lowest BCUT2D eigenvalue weighted by atomic mass is 9.84. The SMILES string of the molecule is Cc1cc(CN2CCC[C@H](C)C2)cc2c(=O)c(-c3cccc([C@@]4(c5nncn5C)CCO4)c3)coc12. The van der Waals surface area contributed by atoms with Crippen LogP contribution in [-0.4, -0.2) is 39.4 Å². The third kappa shape index (κ3) is 3.87. The third-order valence-corrected chi connectivity index (χ3v) is 7.78. The monoisotopic (exact) mass is 484 g/mol. The Hall–Kier alpha value is -3.29. The first-order chi connectivity index (χ1) is 17.4. The van der Waals surface area contributed by atoms with E-state index in [0.29, 0.717) is 29.1 Å². The van der Waals surface area contributed by atoms with Crippen molar-refractivity contribution in [3.05, 3.63) is 81.7 Å². The molecule has 0 unspecified atom stereocenters. The number of ether oxygens (including phenoxy) is 1. The maximum absolute atomic E-state index is 13.8. The molecule has 7 nitrogen and oxygen atoms in total. The second kappa shape index (κ2) is 8.98. The van der Waals surface area contributed by atoms with Gasteiger partial charge in [0.25, 0.3) is 0 Å². The maximum Gasteiger partial charge on any atom is 0.200 e. The second-order valence-electron chi connectivity index (χ2n) is 10.5. The van der Waals surface area contributed by atoms with Gasteiger partial charge in [0.05, 0.1) is 17.6 Å². The highest BCUT2D eigenvalue weighted by Crippen LogP contribution is 2.43. The Bertz CT molecular complexity index is 1480. The van der Waals surface area contributed by atoms with E-state index in [1.807, 2.05) is 48.9 Å². The number of aryl methyl sites for hydroxylation is 2. The Morgan fingerprint density at radius 1 is 1.22 bits per heavy atom. The van der Waals surface area contributed by atoms with E-state index in [2.05, 4.69) is 28.1 Å².